The van der Waals surface area contributed by atoms with Crippen molar-refractivity contribution in [3.8, 4) is 0 Å². The number of rotatable bonds is 4. The van der Waals surface area contributed by atoms with E-state index < -0.39 is 16.0 Å². The maximum atomic E-state index is 12.8. The summed E-state index contributed by atoms with van der Waals surface area (Å²) >= 11 is 0. The van der Waals surface area contributed by atoms with Crippen LogP contribution in [0.3, 0.4) is 0 Å². The van der Waals surface area contributed by atoms with Gasteiger partial charge >= 0.3 is 0 Å². The van der Waals surface area contributed by atoms with Gasteiger partial charge in [0.05, 0.1) is 10.9 Å². The van der Waals surface area contributed by atoms with Gasteiger partial charge in [0.1, 0.15) is 0 Å². The molecule has 120 valence electrons. The molecule has 1 aliphatic rings. The van der Waals surface area contributed by atoms with E-state index in [1.54, 1.807) is 19.1 Å². The van der Waals surface area contributed by atoms with Crippen LogP contribution in [-0.4, -0.2) is 31.8 Å². The maximum absolute atomic E-state index is 12.8. The number of carbonyl (C=O) groups is 1. The lowest BCUT2D eigenvalue weighted by Gasteiger charge is -2.21. The van der Waals surface area contributed by atoms with Gasteiger partial charge in [0.2, 0.25) is 10.0 Å². The molecule has 0 spiro atoms. The fraction of sp³-hybridized carbons (Fsp3) is 0.438. The highest BCUT2D eigenvalue weighted by molar-refractivity contribution is 7.89. The van der Waals surface area contributed by atoms with Crippen LogP contribution >= 0.6 is 0 Å². The van der Waals surface area contributed by atoms with Gasteiger partial charge in [-0.1, -0.05) is 31.1 Å². The second-order valence-corrected chi connectivity index (χ2v) is 7.40. The van der Waals surface area contributed by atoms with E-state index >= 15 is 0 Å². The van der Waals surface area contributed by atoms with Gasteiger partial charge in [-0.3, -0.25) is 0 Å². The molecule has 1 aliphatic heterocycles. The van der Waals surface area contributed by atoms with Gasteiger partial charge < -0.3 is 9.90 Å². The quantitative estimate of drug-likeness (QED) is 0.783. The summed E-state index contributed by atoms with van der Waals surface area (Å²) in [7, 11) is -3.54. The number of aryl methyl sites for hydroxylation is 1. The summed E-state index contributed by atoms with van der Waals surface area (Å²) in [6.07, 6.45) is 6.10. The minimum Gasteiger partial charge on any atom is -0.545 e. The van der Waals surface area contributed by atoms with E-state index in [2.05, 4.69) is 0 Å². The van der Waals surface area contributed by atoms with Gasteiger partial charge in [-0.05, 0) is 43.0 Å². The summed E-state index contributed by atoms with van der Waals surface area (Å²) in [5.74, 6) is -1.31. The number of hydrogen-bond donors (Lipinski definition) is 0. The van der Waals surface area contributed by atoms with Crippen molar-refractivity contribution in [2.24, 2.45) is 0 Å². The van der Waals surface area contributed by atoms with Gasteiger partial charge in [0, 0.05) is 13.1 Å². The first kappa shape index (κ1) is 16.7. The van der Waals surface area contributed by atoms with Crippen molar-refractivity contribution in [2.75, 3.05) is 13.1 Å². The smallest absolute Gasteiger partial charge is 0.243 e. The van der Waals surface area contributed by atoms with E-state index in [-0.39, 0.29) is 4.90 Å². The van der Waals surface area contributed by atoms with Gasteiger partial charge in [-0.25, -0.2) is 8.42 Å². The minimum absolute atomic E-state index is 0.245. The average Bonchev–Trinajstić information content (AvgIpc) is 2.75. The Labute approximate surface area is 131 Å². The number of sulfonamides is 1. The van der Waals surface area contributed by atoms with E-state index in [0.717, 1.165) is 31.8 Å². The molecule has 0 aliphatic carbocycles. The van der Waals surface area contributed by atoms with Crippen LogP contribution in [0.1, 0.15) is 36.8 Å². The Morgan fingerprint density at radius 3 is 2.41 bits per heavy atom. The molecule has 0 atom stereocenters. The second-order valence-electron chi connectivity index (χ2n) is 5.50. The van der Waals surface area contributed by atoms with E-state index in [9.17, 15) is 18.3 Å². The minimum atomic E-state index is -3.54. The number of hydrogen-bond acceptors (Lipinski definition) is 4. The number of carbonyl (C=O) groups excluding carboxylic acids is 1. The van der Waals surface area contributed by atoms with E-state index in [1.807, 2.05) is 0 Å². The van der Waals surface area contributed by atoms with Crippen LogP contribution in [-0.2, 0) is 14.8 Å². The number of nitrogens with zero attached hydrogens (tertiary/aromatic N) is 1. The first-order valence-corrected chi connectivity index (χ1v) is 8.85. The summed E-state index contributed by atoms with van der Waals surface area (Å²) in [5.41, 5.74) is 1.19. The molecule has 0 unspecified atom stereocenters. The molecule has 1 aromatic carbocycles. The summed E-state index contributed by atoms with van der Waals surface area (Å²) in [6.45, 7) is 2.83. The molecule has 1 aromatic rings. The standard InChI is InChI=1S/C16H21NO4S/c1-13-6-7-14(8-9-16(18)19)12-15(13)22(20,21)17-10-4-2-3-5-11-17/h6-9,12H,2-5,10-11H2,1H3,(H,18,19)/p-1/b9-8-. The molecule has 22 heavy (non-hydrogen) atoms. The Hall–Kier alpha value is -1.66. The van der Waals surface area contributed by atoms with Gasteiger partial charge in [-0.15, -0.1) is 0 Å². The molecule has 0 N–H and O–H groups in total. The zero-order valence-corrected chi connectivity index (χ0v) is 13.4. The monoisotopic (exact) mass is 322 g/mol. The third kappa shape index (κ3) is 3.96. The predicted molar refractivity (Wildman–Crippen MR) is 82.4 cm³/mol. The predicted octanol–water partition coefficient (Wildman–Crippen LogP) is 1.32. The van der Waals surface area contributed by atoms with Crippen LogP contribution in [0.4, 0.5) is 0 Å². The van der Waals surface area contributed by atoms with Crippen molar-refractivity contribution < 1.29 is 18.3 Å². The number of carboxylic acid groups (broad SMARTS) is 1. The van der Waals surface area contributed by atoms with Crippen LogP contribution in [0, 0.1) is 6.92 Å². The molecule has 5 nitrogen and oxygen atoms in total. The van der Waals surface area contributed by atoms with E-state index in [0.29, 0.717) is 24.2 Å². The molecule has 1 fully saturated rings. The Kier molecular flexibility index (Phi) is 5.37. The Balaban J connectivity index is 2.36. The fourth-order valence-corrected chi connectivity index (χ4v) is 4.36. The van der Waals surface area contributed by atoms with Gasteiger partial charge in [0.25, 0.3) is 0 Å². The topological polar surface area (TPSA) is 77.5 Å². The Morgan fingerprint density at radius 1 is 1.18 bits per heavy atom. The van der Waals surface area contributed by atoms with Crippen molar-refractivity contribution >= 4 is 22.1 Å². The molecule has 0 aromatic heterocycles. The molecule has 1 heterocycles. The summed E-state index contributed by atoms with van der Waals surface area (Å²) < 4.78 is 27.2. The van der Waals surface area contributed by atoms with Crippen molar-refractivity contribution in [1.29, 1.82) is 0 Å². The van der Waals surface area contributed by atoms with Crippen LogP contribution in [0.5, 0.6) is 0 Å². The molecule has 0 bridgehead atoms. The number of benzene rings is 1. The first-order valence-electron chi connectivity index (χ1n) is 7.41. The van der Waals surface area contributed by atoms with Crippen LogP contribution in [0.25, 0.3) is 6.08 Å². The largest absolute Gasteiger partial charge is 0.545 e. The van der Waals surface area contributed by atoms with Crippen LogP contribution < -0.4 is 5.11 Å². The third-order valence-electron chi connectivity index (χ3n) is 3.81. The zero-order valence-electron chi connectivity index (χ0n) is 12.6. The third-order valence-corrected chi connectivity index (χ3v) is 5.85. The SMILES string of the molecule is Cc1ccc(/C=C\C(=O)[O-])cc1S(=O)(=O)N1CCCCCC1. The molecule has 2 rings (SSSR count). The Morgan fingerprint density at radius 2 is 1.82 bits per heavy atom. The highest BCUT2D eigenvalue weighted by Crippen LogP contribution is 2.24. The molecular weight excluding hydrogens is 302 g/mol. The number of aliphatic carboxylic acids is 1. The molecule has 0 saturated carbocycles. The van der Waals surface area contributed by atoms with Gasteiger partial charge in [-0.2, -0.15) is 4.31 Å². The normalized spacial score (nSPS) is 17.5. The fourth-order valence-electron chi connectivity index (χ4n) is 2.58. The van der Waals surface area contributed by atoms with Crippen molar-refractivity contribution in [1.82, 2.24) is 4.31 Å². The second kappa shape index (κ2) is 7.07. The molecule has 0 amide bonds. The lowest BCUT2D eigenvalue weighted by Crippen LogP contribution is -2.32. The van der Waals surface area contributed by atoms with E-state index in [1.165, 1.54) is 16.4 Å². The summed E-state index contributed by atoms with van der Waals surface area (Å²) in [5, 5.41) is 10.5. The van der Waals surface area contributed by atoms with Crippen molar-refractivity contribution in [3.63, 3.8) is 0 Å². The first-order chi connectivity index (χ1) is 10.4. The lowest BCUT2D eigenvalue weighted by molar-refractivity contribution is -0.297. The van der Waals surface area contributed by atoms with Crippen LogP contribution in [0.2, 0.25) is 0 Å². The number of carboxylic acids is 1. The van der Waals surface area contributed by atoms with Crippen molar-refractivity contribution in [3.05, 3.63) is 35.4 Å². The highest BCUT2D eigenvalue weighted by atomic mass is 32.2. The lowest BCUT2D eigenvalue weighted by atomic mass is 10.1. The molecular formula is C16H20NO4S-. The average molecular weight is 322 g/mol. The molecule has 6 heteroatoms. The highest BCUT2D eigenvalue weighted by Gasteiger charge is 2.26. The van der Waals surface area contributed by atoms with Crippen LogP contribution in [0.15, 0.2) is 29.2 Å². The summed E-state index contributed by atoms with van der Waals surface area (Å²) in [6, 6.07) is 4.91. The zero-order chi connectivity index (χ0) is 16.2. The molecule has 1 saturated heterocycles. The summed E-state index contributed by atoms with van der Waals surface area (Å²) in [4.78, 5) is 10.7. The van der Waals surface area contributed by atoms with Crippen molar-refractivity contribution in [2.45, 2.75) is 37.5 Å². The molecule has 0 radical (unpaired) electrons. The van der Waals surface area contributed by atoms with E-state index in [4.69, 9.17) is 0 Å². The van der Waals surface area contributed by atoms with Gasteiger partial charge in [0.15, 0.2) is 0 Å². The maximum Gasteiger partial charge on any atom is 0.243 e. The Bertz CT molecular complexity index is 671.